The normalized spacial score (nSPS) is 13.3. The third kappa shape index (κ3) is 4.31. The molecule has 3 rings (SSSR count). The van der Waals surface area contributed by atoms with E-state index in [-0.39, 0.29) is 12.6 Å². The Bertz CT molecular complexity index is 718. The Morgan fingerprint density at radius 1 is 1.24 bits per heavy atom. The summed E-state index contributed by atoms with van der Waals surface area (Å²) in [6.07, 6.45) is 2.17. The number of amides is 2. The van der Waals surface area contributed by atoms with Crippen LogP contribution in [0.15, 0.2) is 48.5 Å². The summed E-state index contributed by atoms with van der Waals surface area (Å²) in [6.45, 7) is 1.78. The predicted molar refractivity (Wildman–Crippen MR) is 101 cm³/mol. The molecule has 25 heavy (non-hydrogen) atoms. The van der Waals surface area contributed by atoms with E-state index in [0.29, 0.717) is 13.1 Å². The molecule has 0 unspecified atom stereocenters. The number of hydrogen-bond acceptors (Lipinski definition) is 3. The predicted octanol–water partition coefficient (Wildman–Crippen LogP) is 3.10. The molecule has 0 aromatic heterocycles. The molecule has 2 aromatic rings. The van der Waals surface area contributed by atoms with Crippen LogP contribution in [0.25, 0.3) is 0 Å². The van der Waals surface area contributed by atoms with Gasteiger partial charge < -0.3 is 20.2 Å². The Labute approximate surface area is 148 Å². The Balaban J connectivity index is 1.70. The monoisotopic (exact) mass is 339 g/mol. The van der Waals surface area contributed by atoms with Crippen molar-refractivity contribution in [3.8, 4) is 0 Å². The molecule has 1 aliphatic rings. The van der Waals surface area contributed by atoms with Gasteiger partial charge in [-0.15, -0.1) is 0 Å². The first kappa shape index (κ1) is 17.3. The Hall–Kier alpha value is -2.53. The standard InChI is InChI=1S/C20H25N3O2/c1-22-11-5-8-17-14-18(9-10-19(17)22)21-20(25)23(12-13-24)15-16-6-3-2-4-7-16/h2-4,6-7,9-10,14,24H,5,8,11-13,15H2,1H3,(H,21,25). The molecule has 2 amide bonds. The highest BCUT2D eigenvalue weighted by Gasteiger charge is 2.17. The molecule has 0 saturated carbocycles. The van der Waals surface area contributed by atoms with Gasteiger partial charge in [-0.1, -0.05) is 30.3 Å². The highest BCUT2D eigenvalue weighted by Crippen LogP contribution is 2.28. The summed E-state index contributed by atoms with van der Waals surface area (Å²) >= 11 is 0. The van der Waals surface area contributed by atoms with Crippen molar-refractivity contribution < 1.29 is 9.90 Å². The molecule has 5 heteroatoms. The first-order chi connectivity index (χ1) is 12.2. The van der Waals surface area contributed by atoms with Gasteiger partial charge in [0.2, 0.25) is 0 Å². The lowest BCUT2D eigenvalue weighted by Crippen LogP contribution is -2.36. The van der Waals surface area contributed by atoms with Crippen LogP contribution in [0.2, 0.25) is 0 Å². The quantitative estimate of drug-likeness (QED) is 0.880. The first-order valence-electron chi connectivity index (χ1n) is 8.72. The molecule has 2 aromatic carbocycles. The topological polar surface area (TPSA) is 55.8 Å². The molecular weight excluding hydrogens is 314 g/mol. The number of aryl methyl sites for hydroxylation is 1. The van der Waals surface area contributed by atoms with Crippen molar-refractivity contribution in [1.82, 2.24) is 4.90 Å². The largest absolute Gasteiger partial charge is 0.395 e. The molecule has 0 atom stereocenters. The Morgan fingerprint density at radius 3 is 2.80 bits per heavy atom. The molecule has 0 spiro atoms. The fraction of sp³-hybridized carbons (Fsp3) is 0.350. The van der Waals surface area contributed by atoms with Gasteiger partial charge in [-0.3, -0.25) is 0 Å². The van der Waals surface area contributed by atoms with Crippen LogP contribution >= 0.6 is 0 Å². The highest BCUT2D eigenvalue weighted by molar-refractivity contribution is 5.89. The number of benzene rings is 2. The van der Waals surface area contributed by atoms with Crippen LogP contribution in [0.3, 0.4) is 0 Å². The maximum absolute atomic E-state index is 12.6. The fourth-order valence-corrected chi connectivity index (χ4v) is 3.24. The smallest absolute Gasteiger partial charge is 0.322 e. The number of aliphatic hydroxyl groups is 1. The zero-order valence-corrected chi connectivity index (χ0v) is 14.6. The van der Waals surface area contributed by atoms with Crippen LogP contribution in [0.4, 0.5) is 16.2 Å². The van der Waals surface area contributed by atoms with Crippen molar-refractivity contribution in [2.75, 3.05) is 37.0 Å². The lowest BCUT2D eigenvalue weighted by atomic mass is 10.0. The van der Waals surface area contributed by atoms with Gasteiger partial charge in [-0.2, -0.15) is 0 Å². The number of nitrogens with zero attached hydrogens (tertiary/aromatic N) is 2. The molecule has 0 bridgehead atoms. The molecule has 2 N–H and O–H groups in total. The van der Waals surface area contributed by atoms with Crippen molar-refractivity contribution in [2.45, 2.75) is 19.4 Å². The molecule has 1 aliphatic heterocycles. The van der Waals surface area contributed by atoms with E-state index in [2.05, 4.69) is 29.4 Å². The number of aliphatic hydroxyl groups excluding tert-OH is 1. The van der Waals surface area contributed by atoms with Crippen LogP contribution in [0, 0.1) is 0 Å². The molecular formula is C20H25N3O2. The lowest BCUT2D eigenvalue weighted by Gasteiger charge is -2.28. The number of rotatable bonds is 5. The fourth-order valence-electron chi connectivity index (χ4n) is 3.24. The summed E-state index contributed by atoms with van der Waals surface area (Å²) in [7, 11) is 2.10. The van der Waals surface area contributed by atoms with Gasteiger partial charge in [-0.25, -0.2) is 4.79 Å². The Kier molecular flexibility index (Phi) is 5.56. The van der Waals surface area contributed by atoms with Crippen LogP contribution < -0.4 is 10.2 Å². The van der Waals surface area contributed by atoms with Crippen molar-refractivity contribution >= 4 is 17.4 Å². The van der Waals surface area contributed by atoms with E-state index >= 15 is 0 Å². The van der Waals surface area contributed by atoms with Crippen molar-refractivity contribution in [2.24, 2.45) is 0 Å². The first-order valence-corrected chi connectivity index (χ1v) is 8.72. The van der Waals surface area contributed by atoms with Crippen molar-refractivity contribution in [3.05, 3.63) is 59.7 Å². The number of nitrogens with one attached hydrogen (secondary N) is 1. The second-order valence-corrected chi connectivity index (χ2v) is 6.43. The van der Waals surface area contributed by atoms with E-state index in [0.717, 1.165) is 30.6 Å². The molecule has 1 heterocycles. The van der Waals surface area contributed by atoms with Gasteiger partial charge >= 0.3 is 6.03 Å². The average Bonchev–Trinajstić information content (AvgIpc) is 2.62. The second-order valence-electron chi connectivity index (χ2n) is 6.43. The molecule has 132 valence electrons. The minimum Gasteiger partial charge on any atom is -0.395 e. The highest BCUT2D eigenvalue weighted by atomic mass is 16.3. The van der Waals surface area contributed by atoms with E-state index in [1.807, 2.05) is 36.4 Å². The van der Waals surface area contributed by atoms with Crippen LogP contribution in [-0.4, -0.2) is 42.8 Å². The van der Waals surface area contributed by atoms with Crippen LogP contribution in [0.5, 0.6) is 0 Å². The third-order valence-electron chi connectivity index (χ3n) is 4.56. The van der Waals surface area contributed by atoms with E-state index in [9.17, 15) is 9.90 Å². The number of carbonyl (C=O) groups is 1. The number of anilines is 2. The summed E-state index contributed by atoms with van der Waals surface area (Å²) in [5.74, 6) is 0. The summed E-state index contributed by atoms with van der Waals surface area (Å²) in [5, 5.41) is 12.3. The maximum atomic E-state index is 12.6. The summed E-state index contributed by atoms with van der Waals surface area (Å²) in [5.41, 5.74) is 4.34. The molecule has 0 fully saturated rings. The van der Waals surface area contributed by atoms with Gasteiger partial charge in [-0.05, 0) is 42.2 Å². The van der Waals surface area contributed by atoms with Crippen LogP contribution in [-0.2, 0) is 13.0 Å². The number of hydrogen-bond donors (Lipinski definition) is 2. The zero-order chi connectivity index (χ0) is 17.6. The van der Waals surface area contributed by atoms with E-state index in [1.54, 1.807) is 4.90 Å². The summed E-state index contributed by atoms with van der Waals surface area (Å²) in [4.78, 5) is 16.5. The maximum Gasteiger partial charge on any atom is 0.322 e. The molecule has 0 aliphatic carbocycles. The number of carbonyl (C=O) groups excluding carboxylic acids is 1. The van der Waals surface area contributed by atoms with Crippen molar-refractivity contribution in [3.63, 3.8) is 0 Å². The summed E-state index contributed by atoms with van der Waals surface area (Å²) < 4.78 is 0. The van der Waals surface area contributed by atoms with Gasteiger partial charge in [0, 0.05) is 38.1 Å². The Morgan fingerprint density at radius 2 is 2.04 bits per heavy atom. The third-order valence-corrected chi connectivity index (χ3v) is 4.56. The van der Waals surface area contributed by atoms with Crippen molar-refractivity contribution in [1.29, 1.82) is 0 Å². The minimum atomic E-state index is -0.193. The lowest BCUT2D eigenvalue weighted by molar-refractivity contribution is 0.185. The van der Waals surface area contributed by atoms with Gasteiger partial charge in [0.15, 0.2) is 0 Å². The molecule has 0 radical (unpaired) electrons. The average molecular weight is 339 g/mol. The number of fused-ring (bicyclic) bond motifs is 1. The van der Waals surface area contributed by atoms with Crippen LogP contribution in [0.1, 0.15) is 17.5 Å². The second kappa shape index (κ2) is 8.03. The van der Waals surface area contributed by atoms with Gasteiger partial charge in [0.1, 0.15) is 0 Å². The summed E-state index contributed by atoms with van der Waals surface area (Å²) in [6, 6.07) is 15.7. The van der Waals surface area contributed by atoms with Gasteiger partial charge in [0.05, 0.1) is 6.61 Å². The SMILES string of the molecule is CN1CCCc2cc(NC(=O)N(CCO)Cc3ccccc3)ccc21. The minimum absolute atomic E-state index is 0.0603. The van der Waals surface area contributed by atoms with E-state index < -0.39 is 0 Å². The molecule has 5 nitrogen and oxygen atoms in total. The van der Waals surface area contributed by atoms with Gasteiger partial charge in [0.25, 0.3) is 0 Å². The number of urea groups is 1. The zero-order valence-electron chi connectivity index (χ0n) is 14.6. The molecule has 0 saturated heterocycles. The van der Waals surface area contributed by atoms with E-state index in [4.69, 9.17) is 0 Å². The van der Waals surface area contributed by atoms with E-state index in [1.165, 1.54) is 11.3 Å².